The lowest BCUT2D eigenvalue weighted by atomic mass is 10.1. The third kappa shape index (κ3) is 4.07. The zero-order valence-electron chi connectivity index (χ0n) is 17.6. The van der Waals surface area contributed by atoms with Crippen molar-refractivity contribution in [1.82, 2.24) is 14.7 Å². The van der Waals surface area contributed by atoms with E-state index in [1.54, 1.807) is 58.2 Å². The number of halogens is 1. The van der Waals surface area contributed by atoms with Crippen molar-refractivity contribution < 1.29 is 17.9 Å². The molecule has 2 heterocycles. The highest BCUT2D eigenvalue weighted by atomic mass is 35.5. The average molecular weight is 463 g/mol. The van der Waals surface area contributed by atoms with Gasteiger partial charge in [0.2, 0.25) is 0 Å². The molecule has 2 aromatic carbocycles. The number of nitrogens with one attached hydrogen (secondary N) is 1. The first kappa shape index (κ1) is 21.5. The standard InChI is InChI=1S/C21H23ClN4O4S/c1-21(2,3)30-20(27)26-11-15-17(12-26)23-25(4)19(15)24-31(28,29)18-10-6-7-13-14(18)8-5-9-16(13)22/h5-10,24H,11-12H2,1-4H3. The Balaban J connectivity index is 1.66. The predicted octanol–water partition coefficient (Wildman–Crippen LogP) is 4.28. The minimum absolute atomic E-state index is 0.115. The maximum atomic E-state index is 13.3. The fourth-order valence-corrected chi connectivity index (χ4v) is 5.17. The monoisotopic (exact) mass is 462 g/mol. The minimum Gasteiger partial charge on any atom is -0.444 e. The summed E-state index contributed by atoms with van der Waals surface area (Å²) in [7, 11) is -2.28. The summed E-state index contributed by atoms with van der Waals surface area (Å²) in [4.78, 5) is 14.0. The van der Waals surface area contributed by atoms with E-state index >= 15 is 0 Å². The van der Waals surface area contributed by atoms with Crippen LogP contribution in [0.5, 0.6) is 0 Å². The normalized spacial score (nSPS) is 14.0. The second-order valence-corrected chi connectivity index (χ2v) is 10.5. The Kier molecular flexibility index (Phi) is 5.13. The Morgan fingerprint density at radius 1 is 1.13 bits per heavy atom. The van der Waals surface area contributed by atoms with Crippen LogP contribution in [0.15, 0.2) is 41.3 Å². The summed E-state index contributed by atoms with van der Waals surface area (Å²) in [5.74, 6) is 0.320. The van der Waals surface area contributed by atoms with Crippen molar-refractivity contribution in [1.29, 1.82) is 0 Å². The van der Waals surface area contributed by atoms with Crippen molar-refractivity contribution in [3.63, 3.8) is 0 Å². The van der Waals surface area contributed by atoms with Gasteiger partial charge in [-0.15, -0.1) is 0 Å². The molecule has 4 rings (SSSR count). The van der Waals surface area contributed by atoms with Gasteiger partial charge in [0.25, 0.3) is 10.0 Å². The molecule has 0 atom stereocenters. The van der Waals surface area contributed by atoms with E-state index in [0.29, 0.717) is 32.9 Å². The smallest absolute Gasteiger partial charge is 0.410 e. The number of carbonyl (C=O) groups excluding carboxylic acids is 1. The highest BCUT2D eigenvalue weighted by molar-refractivity contribution is 7.93. The van der Waals surface area contributed by atoms with E-state index in [-0.39, 0.29) is 18.0 Å². The van der Waals surface area contributed by atoms with Crippen molar-refractivity contribution in [2.75, 3.05) is 4.72 Å². The third-order valence-corrected chi connectivity index (χ3v) is 6.65. The van der Waals surface area contributed by atoms with Gasteiger partial charge in [-0.1, -0.05) is 35.9 Å². The number of anilines is 1. The highest BCUT2D eigenvalue weighted by Crippen LogP contribution is 2.33. The zero-order valence-corrected chi connectivity index (χ0v) is 19.2. The zero-order chi connectivity index (χ0) is 22.6. The van der Waals surface area contributed by atoms with Crippen LogP contribution in [-0.2, 0) is 34.9 Å². The van der Waals surface area contributed by atoms with Gasteiger partial charge in [-0.2, -0.15) is 5.10 Å². The number of aromatic nitrogens is 2. The summed E-state index contributed by atoms with van der Waals surface area (Å²) in [5, 5.41) is 6.05. The number of rotatable bonds is 3. The van der Waals surface area contributed by atoms with Gasteiger partial charge in [-0.25, -0.2) is 13.2 Å². The maximum absolute atomic E-state index is 13.3. The van der Waals surface area contributed by atoms with Crippen LogP contribution in [0.4, 0.5) is 10.6 Å². The number of amides is 1. The molecule has 3 aromatic rings. The van der Waals surface area contributed by atoms with Gasteiger partial charge >= 0.3 is 6.09 Å². The predicted molar refractivity (Wildman–Crippen MR) is 118 cm³/mol. The van der Waals surface area contributed by atoms with Crippen molar-refractivity contribution in [2.45, 2.75) is 44.4 Å². The molecule has 164 valence electrons. The molecular formula is C21H23ClN4O4S. The minimum atomic E-state index is -3.94. The Bertz CT molecular complexity index is 1290. The number of hydrogen-bond acceptors (Lipinski definition) is 5. The molecule has 0 saturated heterocycles. The van der Waals surface area contributed by atoms with Crippen molar-refractivity contribution >= 4 is 44.3 Å². The topological polar surface area (TPSA) is 93.5 Å². The second kappa shape index (κ2) is 7.42. The Labute approximate surface area is 185 Å². The molecule has 1 N–H and O–H groups in total. The SMILES string of the molecule is Cn1nc2c(c1NS(=O)(=O)c1cccc3c(Cl)cccc13)CN(C(=O)OC(C)(C)C)C2. The van der Waals surface area contributed by atoms with E-state index < -0.39 is 21.7 Å². The molecule has 31 heavy (non-hydrogen) atoms. The maximum Gasteiger partial charge on any atom is 0.410 e. The molecule has 0 fully saturated rings. The molecule has 0 spiro atoms. The van der Waals surface area contributed by atoms with Crippen LogP contribution in [0.25, 0.3) is 10.8 Å². The molecule has 1 amide bonds. The summed E-state index contributed by atoms with van der Waals surface area (Å²) in [6.45, 7) is 5.84. The number of fused-ring (bicyclic) bond motifs is 2. The van der Waals surface area contributed by atoms with E-state index in [9.17, 15) is 13.2 Å². The molecule has 0 saturated carbocycles. The largest absolute Gasteiger partial charge is 0.444 e. The van der Waals surface area contributed by atoms with Crippen LogP contribution >= 0.6 is 11.6 Å². The van der Waals surface area contributed by atoms with E-state index in [4.69, 9.17) is 16.3 Å². The van der Waals surface area contributed by atoms with Crippen LogP contribution in [0.2, 0.25) is 5.02 Å². The van der Waals surface area contributed by atoms with Crippen molar-refractivity contribution in [2.24, 2.45) is 7.05 Å². The van der Waals surface area contributed by atoms with Crippen LogP contribution in [0, 0.1) is 0 Å². The lowest BCUT2D eigenvalue weighted by molar-refractivity contribution is 0.0239. The highest BCUT2D eigenvalue weighted by Gasteiger charge is 2.34. The first-order valence-corrected chi connectivity index (χ1v) is 11.5. The van der Waals surface area contributed by atoms with Gasteiger partial charge < -0.3 is 4.74 Å². The molecular weight excluding hydrogens is 440 g/mol. The van der Waals surface area contributed by atoms with E-state index in [1.165, 1.54) is 15.6 Å². The molecule has 10 heteroatoms. The van der Waals surface area contributed by atoms with E-state index in [0.717, 1.165) is 0 Å². The fourth-order valence-electron chi connectivity index (χ4n) is 3.59. The molecule has 0 radical (unpaired) electrons. The fraction of sp³-hybridized carbons (Fsp3) is 0.333. The van der Waals surface area contributed by atoms with Gasteiger partial charge in [0.15, 0.2) is 0 Å². The summed E-state index contributed by atoms with van der Waals surface area (Å²) >= 11 is 6.24. The number of carbonyl (C=O) groups is 1. The number of aryl methyl sites for hydroxylation is 1. The van der Waals surface area contributed by atoms with Gasteiger partial charge in [0.1, 0.15) is 11.4 Å². The number of nitrogens with zero attached hydrogens (tertiary/aromatic N) is 3. The van der Waals surface area contributed by atoms with Gasteiger partial charge in [0, 0.05) is 28.4 Å². The lowest BCUT2D eigenvalue weighted by Crippen LogP contribution is -2.33. The molecule has 0 bridgehead atoms. The third-order valence-electron chi connectivity index (χ3n) is 4.92. The molecule has 1 aliphatic heterocycles. The number of hydrogen-bond donors (Lipinski definition) is 1. The van der Waals surface area contributed by atoms with Crippen LogP contribution < -0.4 is 4.72 Å². The van der Waals surface area contributed by atoms with Gasteiger partial charge in [0.05, 0.1) is 23.7 Å². The number of sulfonamides is 1. The van der Waals surface area contributed by atoms with Crippen LogP contribution in [-0.4, -0.2) is 34.8 Å². The summed E-state index contributed by atoms with van der Waals surface area (Å²) in [5.41, 5.74) is 0.657. The molecule has 8 nitrogen and oxygen atoms in total. The summed E-state index contributed by atoms with van der Waals surface area (Å²) in [6.07, 6.45) is -0.467. The quantitative estimate of drug-likeness (QED) is 0.627. The Hall–Kier alpha value is -2.78. The molecule has 0 unspecified atom stereocenters. The van der Waals surface area contributed by atoms with Crippen LogP contribution in [0.3, 0.4) is 0 Å². The Morgan fingerprint density at radius 3 is 2.52 bits per heavy atom. The number of ether oxygens (including phenoxy) is 1. The summed E-state index contributed by atoms with van der Waals surface area (Å²) in [6, 6.07) is 10.1. The second-order valence-electron chi connectivity index (χ2n) is 8.43. The molecule has 0 aliphatic carbocycles. The molecule has 1 aromatic heterocycles. The molecule has 1 aliphatic rings. The summed E-state index contributed by atoms with van der Waals surface area (Å²) < 4.78 is 36.1. The van der Waals surface area contributed by atoms with E-state index in [1.807, 2.05) is 0 Å². The first-order chi connectivity index (χ1) is 14.5. The van der Waals surface area contributed by atoms with Crippen LogP contribution in [0.1, 0.15) is 32.0 Å². The van der Waals surface area contributed by atoms with Crippen molar-refractivity contribution in [3.05, 3.63) is 52.7 Å². The van der Waals surface area contributed by atoms with Gasteiger partial charge in [-0.3, -0.25) is 14.3 Å². The average Bonchev–Trinajstić information content (AvgIpc) is 3.19. The van der Waals surface area contributed by atoms with Crippen molar-refractivity contribution in [3.8, 4) is 0 Å². The van der Waals surface area contributed by atoms with E-state index in [2.05, 4.69) is 9.82 Å². The first-order valence-electron chi connectivity index (χ1n) is 9.69. The van der Waals surface area contributed by atoms with Gasteiger partial charge in [-0.05, 0) is 32.9 Å². The number of benzene rings is 2. The Morgan fingerprint density at radius 2 is 1.81 bits per heavy atom. The lowest BCUT2D eigenvalue weighted by Gasteiger charge is -2.24.